The van der Waals surface area contributed by atoms with E-state index in [1.807, 2.05) is 19.1 Å². The first-order chi connectivity index (χ1) is 10.6. The first-order valence-corrected chi connectivity index (χ1v) is 7.35. The summed E-state index contributed by atoms with van der Waals surface area (Å²) in [5, 5.41) is 0. The number of benzene rings is 1. The predicted molar refractivity (Wildman–Crippen MR) is 80.9 cm³/mol. The van der Waals surface area contributed by atoms with Crippen molar-refractivity contribution in [2.45, 2.75) is 39.0 Å². The summed E-state index contributed by atoms with van der Waals surface area (Å²) in [7, 11) is 0. The van der Waals surface area contributed by atoms with Crippen molar-refractivity contribution in [3.05, 3.63) is 42.2 Å². The third-order valence-corrected chi connectivity index (χ3v) is 2.84. The van der Waals surface area contributed by atoms with E-state index in [0.29, 0.717) is 13.0 Å². The molecular weight excluding hydrogens is 287 g/mol. The number of hydrogen-bond acceptors (Lipinski definition) is 4. The van der Waals surface area contributed by atoms with Gasteiger partial charge in [0.25, 0.3) is 0 Å². The molecule has 5 heteroatoms. The number of hydrogen-bond donors (Lipinski definition) is 0. The third-order valence-electron chi connectivity index (χ3n) is 2.84. The van der Waals surface area contributed by atoms with Crippen molar-refractivity contribution in [1.29, 1.82) is 0 Å². The molecule has 22 heavy (non-hydrogen) atoms. The second-order valence-corrected chi connectivity index (χ2v) is 4.69. The van der Waals surface area contributed by atoms with Gasteiger partial charge in [-0.2, -0.15) is 0 Å². The van der Waals surface area contributed by atoms with Crippen LogP contribution in [0.4, 0.5) is 4.39 Å². The Kier molecular flexibility index (Phi) is 8.57. The number of halogens is 1. The van der Waals surface area contributed by atoms with Crippen LogP contribution in [0.15, 0.2) is 36.4 Å². The van der Waals surface area contributed by atoms with E-state index >= 15 is 0 Å². The lowest BCUT2D eigenvalue weighted by Crippen LogP contribution is -2.11. The zero-order chi connectivity index (χ0) is 16.2. The van der Waals surface area contributed by atoms with Crippen LogP contribution in [-0.4, -0.2) is 18.5 Å². The molecule has 0 radical (unpaired) electrons. The number of ether oxygens (including phenoxy) is 2. The fourth-order valence-electron chi connectivity index (χ4n) is 1.70. The molecule has 0 aromatic heterocycles. The molecule has 0 unspecified atom stereocenters. The molecule has 120 valence electrons. The van der Waals surface area contributed by atoms with Crippen LogP contribution in [0.2, 0.25) is 0 Å². The molecule has 0 N–H and O–H groups in total. The maximum absolute atomic E-state index is 13.3. The summed E-state index contributed by atoms with van der Waals surface area (Å²) in [5.41, 5.74) is 0. The largest absolute Gasteiger partial charge is 0.466 e. The van der Waals surface area contributed by atoms with E-state index in [4.69, 9.17) is 9.47 Å². The Morgan fingerprint density at radius 3 is 2.59 bits per heavy atom. The second kappa shape index (κ2) is 10.5. The van der Waals surface area contributed by atoms with Gasteiger partial charge in [-0.05, 0) is 38.3 Å². The molecule has 1 aromatic rings. The monoisotopic (exact) mass is 308 g/mol. The number of para-hydroxylation sites is 1. The average molecular weight is 308 g/mol. The Morgan fingerprint density at radius 2 is 1.86 bits per heavy atom. The summed E-state index contributed by atoms with van der Waals surface area (Å²) < 4.78 is 23.2. The van der Waals surface area contributed by atoms with Crippen LogP contribution < -0.4 is 4.74 Å². The topological polar surface area (TPSA) is 52.6 Å². The van der Waals surface area contributed by atoms with Crippen LogP contribution in [0, 0.1) is 5.82 Å². The molecule has 0 amide bonds. The zero-order valence-corrected chi connectivity index (χ0v) is 12.7. The molecule has 1 rings (SSSR count). The average Bonchev–Trinajstić information content (AvgIpc) is 2.49. The Labute approximate surface area is 129 Å². The SMILES string of the molecule is C/C=C/CCCOC(=O)CCCC(=O)Oc1ccccc1F. The van der Waals surface area contributed by atoms with Crippen molar-refractivity contribution in [2.75, 3.05) is 6.61 Å². The first kappa shape index (κ1) is 17.9. The maximum atomic E-state index is 13.3. The highest BCUT2D eigenvalue weighted by atomic mass is 19.1. The van der Waals surface area contributed by atoms with Crippen LogP contribution in [0.3, 0.4) is 0 Å². The number of rotatable bonds is 9. The molecule has 0 aliphatic heterocycles. The van der Waals surface area contributed by atoms with E-state index in [2.05, 4.69) is 0 Å². The minimum absolute atomic E-state index is 0.0437. The number of unbranched alkanes of at least 4 members (excludes halogenated alkanes) is 1. The highest BCUT2D eigenvalue weighted by Gasteiger charge is 2.10. The molecule has 0 aliphatic carbocycles. The van der Waals surface area contributed by atoms with E-state index in [0.717, 1.165) is 12.8 Å². The van der Waals surface area contributed by atoms with Gasteiger partial charge in [0.15, 0.2) is 11.6 Å². The first-order valence-electron chi connectivity index (χ1n) is 7.35. The van der Waals surface area contributed by atoms with Crippen molar-refractivity contribution in [1.82, 2.24) is 0 Å². The minimum atomic E-state index is -0.587. The molecule has 0 saturated heterocycles. The summed E-state index contributed by atoms with van der Waals surface area (Å²) in [5.74, 6) is -1.58. The second-order valence-electron chi connectivity index (χ2n) is 4.69. The summed E-state index contributed by atoms with van der Waals surface area (Å²) in [6, 6.07) is 5.69. The Balaban J connectivity index is 2.14. The molecule has 0 aliphatic rings. The van der Waals surface area contributed by atoms with Gasteiger partial charge in [0, 0.05) is 12.8 Å². The smallest absolute Gasteiger partial charge is 0.311 e. The number of carbonyl (C=O) groups excluding carboxylic acids is 2. The van der Waals surface area contributed by atoms with Crippen LogP contribution in [-0.2, 0) is 14.3 Å². The molecule has 0 spiro atoms. The van der Waals surface area contributed by atoms with E-state index < -0.39 is 11.8 Å². The zero-order valence-electron chi connectivity index (χ0n) is 12.7. The quantitative estimate of drug-likeness (QED) is 0.301. The van der Waals surface area contributed by atoms with E-state index in [1.54, 1.807) is 6.07 Å². The van der Waals surface area contributed by atoms with Crippen molar-refractivity contribution >= 4 is 11.9 Å². The van der Waals surface area contributed by atoms with E-state index in [9.17, 15) is 14.0 Å². The number of esters is 2. The lowest BCUT2D eigenvalue weighted by molar-refractivity contribution is -0.144. The highest BCUT2D eigenvalue weighted by molar-refractivity contribution is 5.74. The summed E-state index contributed by atoms with van der Waals surface area (Å²) in [4.78, 5) is 22.9. The molecule has 0 heterocycles. The van der Waals surface area contributed by atoms with Crippen LogP contribution >= 0.6 is 0 Å². The van der Waals surface area contributed by atoms with Crippen LogP contribution in [0.1, 0.15) is 39.0 Å². The number of allylic oxidation sites excluding steroid dienone is 2. The standard InChI is InChI=1S/C17H21FO4/c1-2-3-4-7-13-21-16(19)11-8-12-17(20)22-15-10-6-5-9-14(15)18/h2-3,5-6,9-10H,4,7-8,11-13H2,1H3/b3-2+. The molecule has 4 nitrogen and oxygen atoms in total. The normalized spacial score (nSPS) is 10.6. The molecule has 1 aromatic carbocycles. The minimum Gasteiger partial charge on any atom is -0.466 e. The molecule has 0 atom stereocenters. The van der Waals surface area contributed by atoms with Gasteiger partial charge in [-0.1, -0.05) is 24.3 Å². The summed E-state index contributed by atoms with van der Waals surface area (Å²) in [6.07, 6.45) is 6.12. The van der Waals surface area contributed by atoms with E-state index in [1.165, 1.54) is 18.2 Å². The molecular formula is C17H21FO4. The Morgan fingerprint density at radius 1 is 1.14 bits per heavy atom. The number of carbonyl (C=O) groups is 2. The van der Waals surface area contributed by atoms with Gasteiger partial charge in [0.1, 0.15) is 0 Å². The van der Waals surface area contributed by atoms with Gasteiger partial charge in [-0.25, -0.2) is 4.39 Å². The Hall–Kier alpha value is -2.17. The lowest BCUT2D eigenvalue weighted by Gasteiger charge is -2.05. The Bertz CT molecular complexity index is 511. The summed E-state index contributed by atoms with van der Waals surface area (Å²) in [6.45, 7) is 2.31. The van der Waals surface area contributed by atoms with Gasteiger partial charge in [-0.3, -0.25) is 9.59 Å². The fraction of sp³-hybridized carbons (Fsp3) is 0.412. The predicted octanol–water partition coefficient (Wildman–Crippen LogP) is 3.80. The fourth-order valence-corrected chi connectivity index (χ4v) is 1.70. The van der Waals surface area contributed by atoms with Crippen molar-refractivity contribution in [2.24, 2.45) is 0 Å². The molecule has 0 saturated carbocycles. The van der Waals surface area contributed by atoms with Crippen LogP contribution in [0.25, 0.3) is 0 Å². The van der Waals surface area contributed by atoms with Gasteiger partial charge in [-0.15, -0.1) is 0 Å². The van der Waals surface area contributed by atoms with Gasteiger partial charge >= 0.3 is 11.9 Å². The third kappa shape index (κ3) is 7.57. The van der Waals surface area contributed by atoms with Crippen molar-refractivity contribution in [3.63, 3.8) is 0 Å². The highest BCUT2D eigenvalue weighted by Crippen LogP contribution is 2.16. The van der Waals surface area contributed by atoms with Crippen molar-refractivity contribution < 1.29 is 23.5 Å². The molecule has 0 fully saturated rings. The van der Waals surface area contributed by atoms with E-state index in [-0.39, 0.29) is 24.6 Å². The van der Waals surface area contributed by atoms with Crippen molar-refractivity contribution in [3.8, 4) is 5.75 Å². The van der Waals surface area contributed by atoms with Crippen LogP contribution in [0.5, 0.6) is 5.75 Å². The van der Waals surface area contributed by atoms with Gasteiger partial charge in [0.2, 0.25) is 0 Å². The lowest BCUT2D eigenvalue weighted by atomic mass is 10.2. The maximum Gasteiger partial charge on any atom is 0.311 e. The summed E-state index contributed by atoms with van der Waals surface area (Å²) >= 11 is 0. The van der Waals surface area contributed by atoms with Gasteiger partial charge in [0.05, 0.1) is 6.61 Å². The molecule has 0 bridgehead atoms. The van der Waals surface area contributed by atoms with Gasteiger partial charge < -0.3 is 9.47 Å².